The first-order valence-corrected chi connectivity index (χ1v) is 7.10. The van der Waals surface area contributed by atoms with E-state index >= 15 is 0 Å². The Bertz CT molecular complexity index is 390. The fourth-order valence-electron chi connectivity index (χ4n) is 1.96. The molecule has 0 spiro atoms. The molecular formula is C16H27FN2. The van der Waals surface area contributed by atoms with Gasteiger partial charge in [-0.2, -0.15) is 0 Å². The minimum Gasteiger partial charge on any atom is -0.324 e. The first-order chi connectivity index (χ1) is 8.90. The van der Waals surface area contributed by atoms with Crippen LogP contribution in [0.15, 0.2) is 18.2 Å². The molecule has 0 saturated carbocycles. The number of benzene rings is 1. The van der Waals surface area contributed by atoms with Gasteiger partial charge >= 0.3 is 0 Å². The van der Waals surface area contributed by atoms with Crippen LogP contribution in [0.25, 0.3) is 0 Å². The summed E-state index contributed by atoms with van der Waals surface area (Å²) >= 11 is 0. The second kappa shape index (κ2) is 7.61. The summed E-state index contributed by atoms with van der Waals surface area (Å²) in [5, 5.41) is 0. The van der Waals surface area contributed by atoms with Crippen molar-refractivity contribution in [3.63, 3.8) is 0 Å². The lowest BCUT2D eigenvalue weighted by molar-refractivity contribution is 0.298. The quantitative estimate of drug-likeness (QED) is 0.818. The summed E-state index contributed by atoms with van der Waals surface area (Å²) in [5.41, 5.74) is 7.69. The Hall–Kier alpha value is -0.930. The lowest BCUT2D eigenvalue weighted by Gasteiger charge is -2.20. The van der Waals surface area contributed by atoms with Gasteiger partial charge in [0.05, 0.1) is 0 Å². The highest BCUT2D eigenvalue weighted by molar-refractivity contribution is 5.25. The normalized spacial score (nSPS) is 13.3. The van der Waals surface area contributed by atoms with Gasteiger partial charge in [-0.15, -0.1) is 0 Å². The van der Waals surface area contributed by atoms with E-state index in [-0.39, 0.29) is 11.9 Å². The van der Waals surface area contributed by atoms with Gasteiger partial charge in [-0.1, -0.05) is 26.0 Å². The standard InChI is InChI=1S/C16H27FN2/c1-12(2)7-9-19(4)10-8-16(18)14-6-5-13(3)15(17)11-14/h5-6,11-12,16H,7-10,18H2,1-4H3. The molecule has 0 aromatic heterocycles. The third-order valence-electron chi connectivity index (χ3n) is 3.53. The van der Waals surface area contributed by atoms with Crippen molar-refractivity contribution in [2.75, 3.05) is 20.1 Å². The molecule has 0 aliphatic heterocycles. The molecule has 1 aromatic carbocycles. The van der Waals surface area contributed by atoms with Crippen LogP contribution in [0.3, 0.4) is 0 Å². The fourth-order valence-corrected chi connectivity index (χ4v) is 1.96. The molecule has 0 heterocycles. The first-order valence-electron chi connectivity index (χ1n) is 7.10. The van der Waals surface area contributed by atoms with E-state index in [4.69, 9.17) is 5.73 Å². The molecule has 1 aromatic rings. The second-order valence-corrected chi connectivity index (χ2v) is 5.89. The average Bonchev–Trinajstić information content (AvgIpc) is 2.36. The summed E-state index contributed by atoms with van der Waals surface area (Å²) in [7, 11) is 2.12. The zero-order valence-electron chi connectivity index (χ0n) is 12.6. The molecule has 0 aliphatic carbocycles. The van der Waals surface area contributed by atoms with Crippen LogP contribution in [0, 0.1) is 18.7 Å². The third-order valence-corrected chi connectivity index (χ3v) is 3.53. The highest BCUT2D eigenvalue weighted by Gasteiger charge is 2.09. The Labute approximate surface area is 116 Å². The molecule has 0 aliphatic rings. The van der Waals surface area contributed by atoms with E-state index in [1.54, 1.807) is 19.1 Å². The minimum atomic E-state index is -0.166. The Balaban J connectivity index is 2.42. The van der Waals surface area contributed by atoms with Crippen molar-refractivity contribution in [2.24, 2.45) is 11.7 Å². The highest BCUT2D eigenvalue weighted by Crippen LogP contribution is 2.17. The van der Waals surface area contributed by atoms with Crippen LogP contribution in [0.2, 0.25) is 0 Å². The fraction of sp³-hybridized carbons (Fsp3) is 0.625. The van der Waals surface area contributed by atoms with Crippen LogP contribution < -0.4 is 5.73 Å². The van der Waals surface area contributed by atoms with Crippen molar-refractivity contribution < 1.29 is 4.39 Å². The Kier molecular flexibility index (Phi) is 6.46. The van der Waals surface area contributed by atoms with E-state index in [2.05, 4.69) is 25.8 Å². The SMILES string of the molecule is Cc1ccc(C(N)CCN(C)CCC(C)C)cc1F. The van der Waals surface area contributed by atoms with Crippen LogP contribution in [-0.4, -0.2) is 25.0 Å². The second-order valence-electron chi connectivity index (χ2n) is 5.89. The van der Waals surface area contributed by atoms with E-state index < -0.39 is 0 Å². The van der Waals surface area contributed by atoms with Crippen molar-refractivity contribution in [1.82, 2.24) is 4.90 Å². The smallest absolute Gasteiger partial charge is 0.126 e. The van der Waals surface area contributed by atoms with E-state index in [1.807, 2.05) is 6.07 Å². The molecule has 108 valence electrons. The highest BCUT2D eigenvalue weighted by atomic mass is 19.1. The van der Waals surface area contributed by atoms with E-state index in [1.165, 1.54) is 6.42 Å². The number of halogens is 1. The molecule has 1 unspecified atom stereocenters. The maximum atomic E-state index is 13.5. The predicted molar refractivity (Wildman–Crippen MR) is 79.6 cm³/mol. The van der Waals surface area contributed by atoms with E-state index in [0.29, 0.717) is 5.56 Å². The van der Waals surface area contributed by atoms with Crippen molar-refractivity contribution in [3.8, 4) is 0 Å². The third kappa shape index (κ3) is 5.70. The molecule has 0 radical (unpaired) electrons. The molecule has 0 bridgehead atoms. The van der Waals surface area contributed by atoms with Crippen LogP contribution in [-0.2, 0) is 0 Å². The molecule has 1 rings (SSSR count). The van der Waals surface area contributed by atoms with Crippen LogP contribution >= 0.6 is 0 Å². The zero-order chi connectivity index (χ0) is 14.4. The Morgan fingerprint density at radius 3 is 2.42 bits per heavy atom. The number of aryl methyl sites for hydroxylation is 1. The van der Waals surface area contributed by atoms with Crippen LogP contribution in [0.1, 0.15) is 43.9 Å². The summed E-state index contributed by atoms with van der Waals surface area (Å²) in [5.74, 6) is 0.559. The van der Waals surface area contributed by atoms with Gasteiger partial charge in [-0.3, -0.25) is 0 Å². The molecule has 1 atom stereocenters. The predicted octanol–water partition coefficient (Wildman–Crippen LogP) is 3.50. The van der Waals surface area contributed by atoms with Crippen molar-refractivity contribution in [3.05, 3.63) is 35.1 Å². The van der Waals surface area contributed by atoms with Gasteiger partial charge < -0.3 is 10.6 Å². The molecule has 0 fully saturated rings. The lowest BCUT2D eigenvalue weighted by Crippen LogP contribution is -2.25. The molecular weight excluding hydrogens is 239 g/mol. The number of nitrogens with two attached hydrogens (primary N) is 1. The van der Waals surface area contributed by atoms with Crippen molar-refractivity contribution in [2.45, 2.75) is 39.7 Å². The molecule has 0 saturated heterocycles. The van der Waals surface area contributed by atoms with Crippen LogP contribution in [0.4, 0.5) is 4.39 Å². The van der Waals surface area contributed by atoms with Crippen molar-refractivity contribution >= 4 is 0 Å². The largest absolute Gasteiger partial charge is 0.324 e. The molecule has 19 heavy (non-hydrogen) atoms. The van der Waals surface area contributed by atoms with Gasteiger partial charge in [-0.05, 0) is 63.0 Å². The maximum absolute atomic E-state index is 13.5. The number of hydrogen-bond acceptors (Lipinski definition) is 2. The number of hydrogen-bond donors (Lipinski definition) is 1. The maximum Gasteiger partial charge on any atom is 0.126 e. The molecule has 0 amide bonds. The van der Waals surface area contributed by atoms with Gasteiger partial charge in [0.1, 0.15) is 5.82 Å². The van der Waals surface area contributed by atoms with Gasteiger partial charge in [0.25, 0.3) is 0 Å². The van der Waals surface area contributed by atoms with Gasteiger partial charge in [-0.25, -0.2) is 4.39 Å². The summed E-state index contributed by atoms with van der Waals surface area (Å²) in [6.45, 7) is 8.27. The lowest BCUT2D eigenvalue weighted by atomic mass is 10.0. The van der Waals surface area contributed by atoms with Crippen LogP contribution in [0.5, 0.6) is 0 Å². The number of rotatable bonds is 7. The monoisotopic (exact) mass is 266 g/mol. The van der Waals surface area contributed by atoms with Crippen molar-refractivity contribution in [1.29, 1.82) is 0 Å². The summed E-state index contributed by atoms with van der Waals surface area (Å²) in [6.07, 6.45) is 2.06. The Morgan fingerprint density at radius 1 is 1.21 bits per heavy atom. The molecule has 2 nitrogen and oxygen atoms in total. The topological polar surface area (TPSA) is 29.3 Å². The minimum absolute atomic E-state index is 0.0865. The van der Waals surface area contributed by atoms with Gasteiger partial charge in [0, 0.05) is 6.04 Å². The average molecular weight is 266 g/mol. The summed E-state index contributed by atoms with van der Waals surface area (Å²) in [6, 6.07) is 5.20. The summed E-state index contributed by atoms with van der Waals surface area (Å²) < 4.78 is 13.5. The van der Waals surface area contributed by atoms with Gasteiger partial charge in [0.2, 0.25) is 0 Å². The molecule has 3 heteroatoms. The Morgan fingerprint density at radius 2 is 1.84 bits per heavy atom. The molecule has 2 N–H and O–H groups in total. The number of nitrogens with zero attached hydrogens (tertiary/aromatic N) is 1. The first kappa shape index (κ1) is 16.1. The van der Waals surface area contributed by atoms with E-state index in [9.17, 15) is 4.39 Å². The zero-order valence-corrected chi connectivity index (χ0v) is 12.6. The van der Waals surface area contributed by atoms with Gasteiger partial charge in [0.15, 0.2) is 0 Å². The van der Waals surface area contributed by atoms with E-state index in [0.717, 1.165) is 31.0 Å². The summed E-state index contributed by atoms with van der Waals surface area (Å²) in [4.78, 5) is 2.30.